The molecule has 1 N–H and O–H groups in total. The minimum atomic E-state index is -1.26. The van der Waals surface area contributed by atoms with E-state index in [4.69, 9.17) is 14.8 Å². The Kier molecular flexibility index (Phi) is 4.24. The molecule has 2 heterocycles. The van der Waals surface area contributed by atoms with Gasteiger partial charge in [0.1, 0.15) is 11.6 Å². The highest BCUT2D eigenvalue weighted by molar-refractivity contribution is 7.16. The second-order valence-corrected chi connectivity index (χ2v) is 6.77. The summed E-state index contributed by atoms with van der Waals surface area (Å²) < 4.78 is 5.78. The van der Waals surface area contributed by atoms with Crippen molar-refractivity contribution in [1.29, 1.82) is 5.26 Å². The monoisotopic (exact) mass is 373 g/mol. The Hall–Kier alpha value is -3.76. The number of fused-ring (bicyclic) bond motifs is 1. The number of carboxylic acids is 1. The van der Waals surface area contributed by atoms with E-state index in [1.807, 2.05) is 42.5 Å². The molecule has 0 aliphatic rings. The molecule has 0 saturated carbocycles. The number of nitrogens with zero attached hydrogens (tertiary/aromatic N) is 3. The molecule has 7 heteroatoms. The number of benzene rings is 2. The first kappa shape index (κ1) is 16.7. The summed E-state index contributed by atoms with van der Waals surface area (Å²) in [4.78, 5) is 12.3. The van der Waals surface area contributed by atoms with Gasteiger partial charge in [-0.25, -0.2) is 4.79 Å². The average Bonchev–Trinajstić information content (AvgIpc) is 3.35. The van der Waals surface area contributed by atoms with Gasteiger partial charge in [0.05, 0.1) is 4.88 Å². The molecule has 4 aromatic rings. The number of hydrogen-bond donors (Lipinski definition) is 1. The number of carboxylic acid groups (broad SMARTS) is 1. The molecule has 4 rings (SSSR count). The van der Waals surface area contributed by atoms with Gasteiger partial charge in [-0.05, 0) is 41.1 Å². The zero-order valence-electron chi connectivity index (χ0n) is 13.8. The van der Waals surface area contributed by atoms with Crippen LogP contribution >= 0.6 is 11.3 Å². The van der Waals surface area contributed by atoms with E-state index in [0.717, 1.165) is 16.3 Å². The third kappa shape index (κ3) is 3.34. The summed E-state index contributed by atoms with van der Waals surface area (Å²) in [5.74, 6) is -0.509. The smallest absolute Gasteiger partial charge is 0.346 e. The van der Waals surface area contributed by atoms with Gasteiger partial charge in [0.15, 0.2) is 0 Å². The lowest BCUT2D eigenvalue weighted by Gasteiger charge is -1.99. The Bertz CT molecular complexity index is 1230. The van der Waals surface area contributed by atoms with Crippen LogP contribution in [0.25, 0.3) is 39.1 Å². The van der Waals surface area contributed by atoms with Crippen molar-refractivity contribution in [2.24, 2.45) is 0 Å². The fourth-order valence-corrected chi connectivity index (χ4v) is 3.46. The molecule has 0 aliphatic carbocycles. The van der Waals surface area contributed by atoms with Crippen molar-refractivity contribution in [2.45, 2.75) is 0 Å². The van der Waals surface area contributed by atoms with E-state index in [1.54, 1.807) is 18.2 Å². The van der Waals surface area contributed by atoms with Crippen molar-refractivity contribution in [2.75, 3.05) is 0 Å². The third-order valence-electron chi connectivity index (χ3n) is 3.90. The fraction of sp³-hybridized carbons (Fsp3) is 0. The molecule has 0 bridgehead atoms. The molecule has 0 unspecified atom stereocenters. The number of carbonyl (C=O) groups is 1. The van der Waals surface area contributed by atoms with Gasteiger partial charge in [-0.3, -0.25) is 0 Å². The Balaban J connectivity index is 1.65. The van der Waals surface area contributed by atoms with E-state index in [-0.39, 0.29) is 5.57 Å². The van der Waals surface area contributed by atoms with Gasteiger partial charge in [-0.1, -0.05) is 30.3 Å². The average molecular weight is 373 g/mol. The molecule has 0 spiro atoms. The van der Waals surface area contributed by atoms with Gasteiger partial charge >= 0.3 is 5.97 Å². The van der Waals surface area contributed by atoms with Crippen molar-refractivity contribution < 1.29 is 14.3 Å². The largest absolute Gasteiger partial charge is 0.477 e. The number of hydrogen-bond acceptors (Lipinski definition) is 6. The van der Waals surface area contributed by atoms with Gasteiger partial charge in [0, 0.05) is 10.4 Å². The summed E-state index contributed by atoms with van der Waals surface area (Å²) in [6.07, 6.45) is 1.32. The van der Waals surface area contributed by atoms with E-state index >= 15 is 0 Å². The molecule has 2 aromatic heterocycles. The minimum absolute atomic E-state index is 0.328. The summed E-state index contributed by atoms with van der Waals surface area (Å²) in [6.45, 7) is 0. The maximum atomic E-state index is 10.9. The molecule has 27 heavy (non-hydrogen) atoms. The molecule has 0 aliphatic heterocycles. The standard InChI is InChI=1S/C20H11N3O3S/c21-11-15(20(24)25)10-16-7-8-17(27-16)19-23-22-18(26-19)14-6-5-12-3-1-2-4-13(12)9-14/h1-10H,(H,24,25)/b15-10+. The van der Waals surface area contributed by atoms with Crippen LogP contribution in [-0.4, -0.2) is 21.3 Å². The highest BCUT2D eigenvalue weighted by Crippen LogP contribution is 2.31. The Labute approximate surface area is 157 Å². The maximum absolute atomic E-state index is 10.9. The van der Waals surface area contributed by atoms with E-state index < -0.39 is 5.97 Å². The molecule has 2 aromatic carbocycles. The Morgan fingerprint density at radius 1 is 1.07 bits per heavy atom. The molecule has 0 radical (unpaired) electrons. The van der Waals surface area contributed by atoms with Crippen LogP contribution in [0.15, 0.2) is 64.6 Å². The second-order valence-electron chi connectivity index (χ2n) is 5.65. The predicted octanol–water partition coefficient (Wildman–Crippen LogP) is 4.61. The van der Waals surface area contributed by atoms with Crippen molar-refractivity contribution >= 4 is 34.2 Å². The molecule has 0 amide bonds. The second kappa shape index (κ2) is 6.86. The summed E-state index contributed by atoms with van der Waals surface area (Å²) in [6, 6.07) is 19.0. The zero-order valence-corrected chi connectivity index (χ0v) is 14.6. The maximum Gasteiger partial charge on any atom is 0.346 e. The van der Waals surface area contributed by atoms with E-state index in [9.17, 15) is 4.79 Å². The van der Waals surface area contributed by atoms with Gasteiger partial charge in [0.25, 0.3) is 5.89 Å². The van der Waals surface area contributed by atoms with Crippen LogP contribution in [0.5, 0.6) is 0 Å². The fourth-order valence-electron chi connectivity index (χ4n) is 2.59. The summed E-state index contributed by atoms with van der Waals surface area (Å²) >= 11 is 1.27. The first-order valence-corrected chi connectivity index (χ1v) is 8.73. The minimum Gasteiger partial charge on any atom is -0.477 e. The van der Waals surface area contributed by atoms with E-state index in [2.05, 4.69) is 10.2 Å². The number of aliphatic carboxylic acids is 1. The molecule has 0 atom stereocenters. The number of aromatic nitrogens is 2. The summed E-state index contributed by atoms with van der Waals surface area (Å²) in [5.41, 5.74) is 0.493. The molecule has 0 saturated heterocycles. The van der Waals surface area contributed by atoms with Crippen LogP contribution in [0.3, 0.4) is 0 Å². The number of thiophene rings is 1. The zero-order chi connectivity index (χ0) is 18.8. The van der Waals surface area contributed by atoms with Crippen LogP contribution in [-0.2, 0) is 4.79 Å². The number of rotatable bonds is 4. The number of nitriles is 1. The topological polar surface area (TPSA) is 100 Å². The Morgan fingerprint density at radius 2 is 1.85 bits per heavy atom. The lowest BCUT2D eigenvalue weighted by Crippen LogP contribution is -1.96. The van der Waals surface area contributed by atoms with Gasteiger partial charge in [-0.2, -0.15) is 5.26 Å². The lowest BCUT2D eigenvalue weighted by molar-refractivity contribution is -0.132. The SMILES string of the molecule is N#C/C(=C\c1ccc(-c2nnc(-c3ccc4ccccc4c3)o2)s1)C(=O)O. The quantitative estimate of drug-likeness (QED) is 0.414. The van der Waals surface area contributed by atoms with Crippen molar-refractivity contribution in [3.05, 3.63) is 65.0 Å². The molecule has 6 nitrogen and oxygen atoms in total. The van der Waals surface area contributed by atoms with Crippen LogP contribution in [0.2, 0.25) is 0 Å². The molecule has 0 fully saturated rings. The van der Waals surface area contributed by atoms with Gasteiger partial charge in [-0.15, -0.1) is 21.5 Å². The lowest BCUT2D eigenvalue weighted by atomic mass is 10.1. The van der Waals surface area contributed by atoms with E-state index in [1.165, 1.54) is 17.4 Å². The van der Waals surface area contributed by atoms with E-state index in [0.29, 0.717) is 21.5 Å². The van der Waals surface area contributed by atoms with Crippen LogP contribution in [0.1, 0.15) is 4.88 Å². The summed E-state index contributed by atoms with van der Waals surface area (Å²) in [7, 11) is 0. The van der Waals surface area contributed by atoms with Crippen LogP contribution in [0.4, 0.5) is 0 Å². The third-order valence-corrected chi connectivity index (χ3v) is 4.92. The van der Waals surface area contributed by atoms with Gasteiger partial charge < -0.3 is 9.52 Å². The molecule has 130 valence electrons. The van der Waals surface area contributed by atoms with Crippen molar-refractivity contribution in [3.8, 4) is 28.3 Å². The summed E-state index contributed by atoms with van der Waals surface area (Å²) in [5, 5.41) is 28.2. The van der Waals surface area contributed by atoms with Crippen molar-refractivity contribution in [1.82, 2.24) is 10.2 Å². The van der Waals surface area contributed by atoms with Crippen LogP contribution < -0.4 is 0 Å². The first-order valence-electron chi connectivity index (χ1n) is 7.92. The highest BCUT2D eigenvalue weighted by Gasteiger charge is 2.14. The Morgan fingerprint density at radius 3 is 2.63 bits per heavy atom. The highest BCUT2D eigenvalue weighted by atomic mass is 32.1. The normalized spacial score (nSPS) is 11.4. The predicted molar refractivity (Wildman–Crippen MR) is 102 cm³/mol. The first-order chi connectivity index (χ1) is 13.1. The molecular weight excluding hydrogens is 362 g/mol. The van der Waals surface area contributed by atoms with Crippen molar-refractivity contribution in [3.63, 3.8) is 0 Å². The van der Waals surface area contributed by atoms with Gasteiger partial charge in [0.2, 0.25) is 5.89 Å². The molecular formula is C20H11N3O3S. The van der Waals surface area contributed by atoms with Crippen LogP contribution in [0, 0.1) is 11.3 Å².